The summed E-state index contributed by atoms with van der Waals surface area (Å²) in [5.74, 6) is 0. The second kappa shape index (κ2) is 10.3. The minimum Gasteiger partial charge on any atom is -0.291 e. The van der Waals surface area contributed by atoms with Crippen LogP contribution < -0.4 is 0 Å². The van der Waals surface area contributed by atoms with E-state index in [0.717, 1.165) is 19.6 Å². The molecule has 0 saturated heterocycles. The summed E-state index contributed by atoms with van der Waals surface area (Å²) in [4.78, 5) is 5.15. The van der Waals surface area contributed by atoms with Gasteiger partial charge in [0.05, 0.1) is 0 Å². The highest BCUT2D eigenvalue weighted by atomic mass is 32.2. The molecule has 4 aromatic carbocycles. The van der Waals surface area contributed by atoms with Crippen molar-refractivity contribution in [2.75, 3.05) is 0 Å². The summed E-state index contributed by atoms with van der Waals surface area (Å²) in [6.45, 7) is 4.93. The topological polar surface area (TPSA) is 3.24 Å². The zero-order valence-electron chi connectivity index (χ0n) is 17.4. The Labute approximate surface area is 184 Å². The molecule has 150 valence electrons. The molecule has 0 aliphatic rings. The van der Waals surface area contributed by atoms with Gasteiger partial charge >= 0.3 is 0 Å². The number of nitrogens with zero attached hydrogens (tertiary/aromatic N) is 1. The van der Waals surface area contributed by atoms with Crippen molar-refractivity contribution in [2.45, 2.75) is 36.3 Å². The van der Waals surface area contributed by atoms with Crippen LogP contribution in [0.5, 0.6) is 0 Å². The van der Waals surface area contributed by atoms with Gasteiger partial charge in [-0.05, 0) is 41.8 Å². The van der Waals surface area contributed by atoms with E-state index in [1.807, 2.05) is 11.8 Å². The molecule has 0 aliphatic carbocycles. The summed E-state index contributed by atoms with van der Waals surface area (Å²) < 4.78 is 0. The molecule has 0 atom stereocenters. The summed E-state index contributed by atoms with van der Waals surface area (Å²) in [7, 11) is 0. The Morgan fingerprint density at radius 1 is 0.600 bits per heavy atom. The van der Waals surface area contributed by atoms with Crippen LogP contribution in [0.25, 0.3) is 0 Å². The molecule has 0 saturated carbocycles. The smallest absolute Gasteiger partial charge is 0.0252 e. The van der Waals surface area contributed by atoms with Crippen molar-refractivity contribution in [1.82, 2.24) is 4.90 Å². The van der Waals surface area contributed by atoms with Gasteiger partial charge in [-0.3, -0.25) is 4.90 Å². The summed E-state index contributed by atoms with van der Waals surface area (Å²) in [5.41, 5.74) is 5.36. The second-order valence-electron chi connectivity index (χ2n) is 7.64. The van der Waals surface area contributed by atoms with Crippen LogP contribution in [0.15, 0.2) is 119 Å². The Bertz CT molecular complexity index is 1020. The summed E-state index contributed by atoms with van der Waals surface area (Å²) >= 11 is 1.86. The van der Waals surface area contributed by atoms with Crippen LogP contribution in [-0.4, -0.2) is 4.90 Å². The van der Waals surface area contributed by atoms with E-state index in [4.69, 9.17) is 0 Å². The largest absolute Gasteiger partial charge is 0.291 e. The molecule has 0 spiro atoms. The molecule has 0 aromatic heterocycles. The molecule has 0 unspecified atom stereocenters. The van der Waals surface area contributed by atoms with Gasteiger partial charge in [-0.15, -0.1) is 0 Å². The lowest BCUT2D eigenvalue weighted by atomic mass is 10.1. The van der Waals surface area contributed by atoms with Crippen molar-refractivity contribution < 1.29 is 0 Å². The van der Waals surface area contributed by atoms with Gasteiger partial charge in [0.1, 0.15) is 0 Å². The minimum absolute atomic E-state index is 0.915. The Balaban J connectivity index is 1.57. The molecule has 30 heavy (non-hydrogen) atoms. The van der Waals surface area contributed by atoms with Crippen LogP contribution in [0.3, 0.4) is 0 Å². The molecular formula is C28H27NS. The molecule has 0 aliphatic heterocycles. The fourth-order valence-electron chi connectivity index (χ4n) is 3.63. The summed E-state index contributed by atoms with van der Waals surface area (Å²) in [6.07, 6.45) is 0. The third kappa shape index (κ3) is 5.85. The Hall–Kier alpha value is -2.81. The lowest BCUT2D eigenvalue weighted by Crippen LogP contribution is -2.22. The highest BCUT2D eigenvalue weighted by Gasteiger charge is 2.12. The van der Waals surface area contributed by atoms with Gasteiger partial charge in [0.15, 0.2) is 0 Å². The summed E-state index contributed by atoms with van der Waals surface area (Å²) in [5, 5.41) is 0. The van der Waals surface area contributed by atoms with Crippen LogP contribution in [0, 0.1) is 6.92 Å². The van der Waals surface area contributed by atoms with E-state index in [1.54, 1.807) is 0 Å². The normalized spacial score (nSPS) is 11.0. The molecule has 0 heterocycles. The van der Waals surface area contributed by atoms with Crippen LogP contribution in [-0.2, 0) is 19.6 Å². The fourth-order valence-corrected chi connectivity index (χ4v) is 4.69. The standard InChI is InChI=1S/C28H27NS/c1-23-11-10-17-27(19-23)30-28-18-9-8-16-26(28)22-29(20-24-12-4-2-5-13-24)21-25-14-6-3-7-15-25/h2-19H,20-22H2,1H3. The van der Waals surface area contributed by atoms with Crippen LogP contribution in [0.2, 0.25) is 0 Å². The van der Waals surface area contributed by atoms with E-state index in [2.05, 4.69) is 121 Å². The molecule has 4 rings (SSSR count). The van der Waals surface area contributed by atoms with Crippen LogP contribution in [0.1, 0.15) is 22.3 Å². The Morgan fingerprint density at radius 2 is 1.20 bits per heavy atom. The monoisotopic (exact) mass is 409 g/mol. The summed E-state index contributed by atoms with van der Waals surface area (Å²) in [6, 6.07) is 39.0. The first-order chi connectivity index (χ1) is 14.8. The van der Waals surface area contributed by atoms with Crippen molar-refractivity contribution >= 4 is 11.8 Å². The van der Waals surface area contributed by atoms with E-state index in [-0.39, 0.29) is 0 Å². The van der Waals surface area contributed by atoms with Gasteiger partial charge < -0.3 is 0 Å². The Kier molecular flexibility index (Phi) is 7.02. The van der Waals surface area contributed by atoms with Crippen molar-refractivity contribution in [3.05, 3.63) is 131 Å². The average Bonchev–Trinajstić information content (AvgIpc) is 2.77. The molecule has 0 amide bonds. The van der Waals surface area contributed by atoms with Gasteiger partial charge in [0.2, 0.25) is 0 Å². The number of benzene rings is 4. The molecule has 1 nitrogen and oxygen atoms in total. The minimum atomic E-state index is 0.915. The maximum Gasteiger partial charge on any atom is 0.0252 e. The van der Waals surface area contributed by atoms with Crippen molar-refractivity contribution in [3.8, 4) is 0 Å². The second-order valence-corrected chi connectivity index (χ2v) is 8.76. The third-order valence-electron chi connectivity index (χ3n) is 5.08. The van der Waals surface area contributed by atoms with Gasteiger partial charge in [0, 0.05) is 29.4 Å². The highest BCUT2D eigenvalue weighted by Crippen LogP contribution is 2.32. The molecule has 4 aromatic rings. The van der Waals surface area contributed by atoms with Crippen molar-refractivity contribution in [1.29, 1.82) is 0 Å². The fraction of sp³-hybridized carbons (Fsp3) is 0.143. The molecule has 0 radical (unpaired) electrons. The molecule has 0 fully saturated rings. The van der Waals surface area contributed by atoms with E-state index in [1.165, 1.54) is 32.0 Å². The average molecular weight is 410 g/mol. The molecule has 0 bridgehead atoms. The van der Waals surface area contributed by atoms with E-state index >= 15 is 0 Å². The van der Waals surface area contributed by atoms with Gasteiger partial charge in [0.25, 0.3) is 0 Å². The first kappa shape index (κ1) is 20.5. The van der Waals surface area contributed by atoms with E-state index in [0.29, 0.717) is 0 Å². The number of hydrogen-bond donors (Lipinski definition) is 0. The maximum atomic E-state index is 2.53. The van der Waals surface area contributed by atoms with Gasteiger partial charge in [-0.25, -0.2) is 0 Å². The zero-order valence-corrected chi connectivity index (χ0v) is 18.2. The number of hydrogen-bond acceptors (Lipinski definition) is 2. The zero-order chi connectivity index (χ0) is 20.6. The van der Waals surface area contributed by atoms with Crippen LogP contribution >= 0.6 is 11.8 Å². The van der Waals surface area contributed by atoms with Gasteiger partial charge in [-0.2, -0.15) is 0 Å². The molecular weight excluding hydrogens is 382 g/mol. The SMILES string of the molecule is Cc1cccc(Sc2ccccc2CN(Cc2ccccc2)Cc2ccccc2)c1. The third-order valence-corrected chi connectivity index (χ3v) is 6.19. The van der Waals surface area contributed by atoms with E-state index in [9.17, 15) is 0 Å². The van der Waals surface area contributed by atoms with Crippen molar-refractivity contribution in [2.24, 2.45) is 0 Å². The Morgan fingerprint density at radius 3 is 1.83 bits per heavy atom. The highest BCUT2D eigenvalue weighted by molar-refractivity contribution is 7.99. The first-order valence-corrected chi connectivity index (χ1v) is 11.2. The molecule has 0 N–H and O–H groups in total. The lowest BCUT2D eigenvalue weighted by molar-refractivity contribution is 0.246. The first-order valence-electron chi connectivity index (χ1n) is 10.4. The van der Waals surface area contributed by atoms with Gasteiger partial charge in [-0.1, -0.05) is 108 Å². The molecule has 2 heteroatoms. The number of rotatable bonds is 8. The predicted octanol–water partition coefficient (Wildman–Crippen LogP) is 7.35. The van der Waals surface area contributed by atoms with E-state index < -0.39 is 0 Å². The van der Waals surface area contributed by atoms with Crippen molar-refractivity contribution in [3.63, 3.8) is 0 Å². The quantitative estimate of drug-likeness (QED) is 0.299. The van der Waals surface area contributed by atoms with Crippen LogP contribution in [0.4, 0.5) is 0 Å². The number of aryl methyl sites for hydroxylation is 1. The predicted molar refractivity (Wildman–Crippen MR) is 128 cm³/mol. The maximum absolute atomic E-state index is 2.53. The lowest BCUT2D eigenvalue weighted by Gasteiger charge is -2.24.